The van der Waals surface area contributed by atoms with Gasteiger partial charge in [-0.15, -0.1) is 0 Å². The summed E-state index contributed by atoms with van der Waals surface area (Å²) in [5.41, 5.74) is 0.937. The molecular formula is C24H33N3O4S2. The van der Waals surface area contributed by atoms with Gasteiger partial charge in [0.25, 0.3) is 5.91 Å². The molecule has 0 aromatic heterocycles. The van der Waals surface area contributed by atoms with Crippen LogP contribution < -0.4 is 10.1 Å². The zero-order chi connectivity index (χ0) is 23.5. The van der Waals surface area contributed by atoms with Crippen LogP contribution in [0.25, 0.3) is 6.08 Å². The number of unbranched alkanes of at least 4 members (excludes halogenated alkanes) is 2. The van der Waals surface area contributed by atoms with Gasteiger partial charge in [-0.2, -0.15) is 0 Å². The molecule has 7 nitrogen and oxygen atoms in total. The summed E-state index contributed by atoms with van der Waals surface area (Å²) in [4.78, 5) is 29.4. The molecule has 180 valence electrons. The molecule has 0 saturated carbocycles. The first-order valence-corrected chi connectivity index (χ1v) is 12.8. The van der Waals surface area contributed by atoms with E-state index in [0.29, 0.717) is 28.7 Å². The van der Waals surface area contributed by atoms with E-state index in [-0.39, 0.29) is 11.8 Å². The number of thiocarbonyl (C=S) groups is 1. The molecule has 1 N–H and O–H groups in total. The number of rotatable bonds is 12. The minimum Gasteiger partial charge on any atom is -0.497 e. The van der Waals surface area contributed by atoms with E-state index < -0.39 is 0 Å². The largest absolute Gasteiger partial charge is 0.497 e. The number of nitrogens with one attached hydrogen (secondary N) is 1. The number of hydrogen-bond donors (Lipinski definition) is 1. The smallest absolute Gasteiger partial charge is 0.266 e. The first-order valence-electron chi connectivity index (χ1n) is 11.5. The van der Waals surface area contributed by atoms with E-state index >= 15 is 0 Å². The Bertz CT molecular complexity index is 839. The molecule has 0 spiro atoms. The number of thioether (sulfide) groups is 1. The second kappa shape index (κ2) is 13.7. The summed E-state index contributed by atoms with van der Waals surface area (Å²) in [6.07, 6.45) is 5.87. The van der Waals surface area contributed by atoms with E-state index in [0.717, 1.165) is 69.8 Å². The van der Waals surface area contributed by atoms with Crippen molar-refractivity contribution in [2.45, 2.75) is 32.1 Å². The number of carbonyl (C=O) groups excluding carboxylic acids is 2. The molecule has 0 aliphatic carbocycles. The van der Waals surface area contributed by atoms with Crippen LogP contribution >= 0.6 is 24.0 Å². The monoisotopic (exact) mass is 491 g/mol. The molecule has 2 aliphatic rings. The lowest BCUT2D eigenvalue weighted by Gasteiger charge is -2.26. The molecule has 0 unspecified atom stereocenters. The van der Waals surface area contributed by atoms with Crippen LogP contribution in [0.4, 0.5) is 0 Å². The summed E-state index contributed by atoms with van der Waals surface area (Å²) < 4.78 is 11.1. The molecule has 1 aromatic rings. The van der Waals surface area contributed by atoms with Crippen LogP contribution in [-0.4, -0.2) is 79.0 Å². The van der Waals surface area contributed by atoms with Gasteiger partial charge in [0, 0.05) is 32.6 Å². The summed E-state index contributed by atoms with van der Waals surface area (Å²) in [5, 5.41) is 3.00. The molecule has 3 rings (SSSR count). The van der Waals surface area contributed by atoms with Gasteiger partial charge >= 0.3 is 0 Å². The summed E-state index contributed by atoms with van der Waals surface area (Å²) in [6, 6.07) is 7.57. The van der Waals surface area contributed by atoms with Crippen LogP contribution in [0.2, 0.25) is 0 Å². The maximum Gasteiger partial charge on any atom is 0.266 e. The highest BCUT2D eigenvalue weighted by atomic mass is 32.2. The molecule has 2 fully saturated rings. The van der Waals surface area contributed by atoms with Crippen LogP contribution in [0.3, 0.4) is 0 Å². The highest BCUT2D eigenvalue weighted by Gasteiger charge is 2.31. The van der Waals surface area contributed by atoms with E-state index in [1.54, 1.807) is 12.0 Å². The minimum atomic E-state index is -0.0428. The predicted molar refractivity (Wildman–Crippen MR) is 136 cm³/mol. The van der Waals surface area contributed by atoms with Crippen LogP contribution in [0.15, 0.2) is 29.2 Å². The van der Waals surface area contributed by atoms with Gasteiger partial charge in [0.1, 0.15) is 10.1 Å². The average Bonchev–Trinajstić information content (AvgIpc) is 3.10. The van der Waals surface area contributed by atoms with Crippen molar-refractivity contribution < 1.29 is 19.1 Å². The Kier molecular flexibility index (Phi) is 10.7. The van der Waals surface area contributed by atoms with E-state index in [1.165, 1.54) is 11.8 Å². The summed E-state index contributed by atoms with van der Waals surface area (Å²) in [7, 11) is 1.63. The molecule has 33 heavy (non-hydrogen) atoms. The Morgan fingerprint density at radius 3 is 2.64 bits per heavy atom. The van der Waals surface area contributed by atoms with Gasteiger partial charge in [-0.3, -0.25) is 19.4 Å². The number of methoxy groups -OCH3 is 1. The van der Waals surface area contributed by atoms with Gasteiger partial charge in [-0.05, 0) is 49.6 Å². The molecule has 0 bridgehead atoms. The molecule has 2 amide bonds. The fourth-order valence-electron chi connectivity index (χ4n) is 3.72. The molecule has 9 heteroatoms. The van der Waals surface area contributed by atoms with Crippen LogP contribution in [-0.2, 0) is 14.3 Å². The Balaban J connectivity index is 1.29. The molecule has 0 atom stereocenters. The number of amides is 2. The van der Waals surface area contributed by atoms with Gasteiger partial charge in [0.05, 0.1) is 25.2 Å². The lowest BCUT2D eigenvalue weighted by Crippen LogP contribution is -2.38. The fraction of sp³-hybridized carbons (Fsp3) is 0.542. The Morgan fingerprint density at radius 2 is 1.91 bits per heavy atom. The third-order valence-corrected chi connectivity index (χ3v) is 7.03. The van der Waals surface area contributed by atoms with Crippen molar-refractivity contribution in [3.63, 3.8) is 0 Å². The van der Waals surface area contributed by atoms with Crippen LogP contribution in [0.1, 0.15) is 37.7 Å². The van der Waals surface area contributed by atoms with Crippen molar-refractivity contribution in [1.29, 1.82) is 0 Å². The lowest BCUT2D eigenvalue weighted by molar-refractivity contribution is -0.122. The van der Waals surface area contributed by atoms with Gasteiger partial charge in [-0.1, -0.05) is 42.5 Å². The van der Waals surface area contributed by atoms with Crippen LogP contribution in [0, 0.1) is 0 Å². The van der Waals surface area contributed by atoms with Gasteiger partial charge in [0.2, 0.25) is 5.91 Å². The second-order valence-electron chi connectivity index (χ2n) is 8.07. The first-order chi connectivity index (χ1) is 16.1. The predicted octanol–water partition coefficient (Wildman–Crippen LogP) is 3.30. The molecular weight excluding hydrogens is 458 g/mol. The molecule has 2 aliphatic heterocycles. The van der Waals surface area contributed by atoms with E-state index in [9.17, 15) is 9.59 Å². The van der Waals surface area contributed by atoms with E-state index in [4.69, 9.17) is 21.7 Å². The summed E-state index contributed by atoms with van der Waals surface area (Å²) in [6.45, 7) is 5.87. The number of ether oxygens (including phenoxy) is 2. The molecule has 0 radical (unpaired) electrons. The third kappa shape index (κ3) is 8.41. The van der Waals surface area contributed by atoms with Gasteiger partial charge in [0.15, 0.2) is 0 Å². The van der Waals surface area contributed by atoms with Crippen molar-refractivity contribution in [1.82, 2.24) is 15.1 Å². The van der Waals surface area contributed by atoms with Gasteiger partial charge in [-0.25, -0.2) is 0 Å². The number of benzene rings is 1. The Labute approximate surface area is 205 Å². The quantitative estimate of drug-likeness (QED) is 0.273. The zero-order valence-corrected chi connectivity index (χ0v) is 20.8. The van der Waals surface area contributed by atoms with E-state index in [1.807, 2.05) is 30.3 Å². The zero-order valence-electron chi connectivity index (χ0n) is 19.2. The maximum atomic E-state index is 12.7. The Hall–Kier alpha value is -1.94. The highest BCUT2D eigenvalue weighted by molar-refractivity contribution is 8.26. The van der Waals surface area contributed by atoms with Gasteiger partial charge < -0.3 is 14.8 Å². The molecule has 1 aromatic carbocycles. The maximum absolute atomic E-state index is 12.7. The minimum absolute atomic E-state index is 0.0428. The lowest BCUT2D eigenvalue weighted by atomic mass is 10.1. The van der Waals surface area contributed by atoms with Crippen LogP contribution in [0.5, 0.6) is 5.75 Å². The van der Waals surface area contributed by atoms with Crippen molar-refractivity contribution in [2.24, 2.45) is 0 Å². The SMILES string of the molecule is COc1ccc(/C=C2\SC(=S)N(CCCCCC(=O)NCCCN3CCOCC3)C2=O)cc1. The van der Waals surface area contributed by atoms with E-state index in [2.05, 4.69) is 10.2 Å². The summed E-state index contributed by atoms with van der Waals surface area (Å²) in [5.74, 6) is 0.838. The normalized spacial score (nSPS) is 18.2. The summed E-state index contributed by atoms with van der Waals surface area (Å²) >= 11 is 6.75. The van der Waals surface area contributed by atoms with Crippen molar-refractivity contribution in [3.8, 4) is 5.75 Å². The van der Waals surface area contributed by atoms with Crippen molar-refractivity contribution >= 4 is 46.2 Å². The second-order valence-corrected chi connectivity index (χ2v) is 9.75. The molecule has 2 heterocycles. The number of hydrogen-bond acceptors (Lipinski definition) is 7. The average molecular weight is 492 g/mol. The van der Waals surface area contributed by atoms with Crippen molar-refractivity contribution in [2.75, 3.05) is 53.0 Å². The number of morpholine rings is 1. The number of nitrogens with zero attached hydrogens (tertiary/aromatic N) is 2. The fourth-order valence-corrected chi connectivity index (χ4v) is 5.03. The highest BCUT2D eigenvalue weighted by Crippen LogP contribution is 2.33. The standard InChI is InChI=1S/C24H33N3O4S2/c1-30-20-9-7-19(8-10-20)18-21-23(29)27(24(32)33-21)13-4-2-3-6-22(28)25-11-5-12-26-14-16-31-17-15-26/h7-10,18H,2-6,11-17H2,1H3,(H,25,28)/b21-18-. The van der Waals surface area contributed by atoms with Crippen molar-refractivity contribution in [3.05, 3.63) is 34.7 Å². The number of carbonyl (C=O) groups is 2. The first kappa shape index (κ1) is 25.7. The topological polar surface area (TPSA) is 71.1 Å². The Morgan fingerprint density at radius 1 is 1.15 bits per heavy atom. The molecule has 2 saturated heterocycles. The third-order valence-electron chi connectivity index (χ3n) is 5.65.